The summed E-state index contributed by atoms with van der Waals surface area (Å²) >= 11 is 3.31. The molecule has 1 atom stereocenters. The van der Waals surface area contributed by atoms with E-state index in [1.54, 1.807) is 24.4 Å². The van der Waals surface area contributed by atoms with E-state index in [-0.39, 0.29) is 5.82 Å². The Kier molecular flexibility index (Phi) is 3.93. The Balaban J connectivity index is 2.21. The van der Waals surface area contributed by atoms with Crippen molar-refractivity contribution in [2.45, 2.75) is 12.5 Å². The highest BCUT2D eigenvalue weighted by Gasteiger charge is 2.12. The van der Waals surface area contributed by atoms with Gasteiger partial charge in [0.15, 0.2) is 0 Å². The SMILES string of the molecule is Nc1cc(CC(N)c2cc(Br)ccc2F)ccn1. The van der Waals surface area contributed by atoms with Gasteiger partial charge in [0.2, 0.25) is 0 Å². The molecule has 0 fully saturated rings. The van der Waals surface area contributed by atoms with Crippen LogP contribution in [0.1, 0.15) is 17.2 Å². The van der Waals surface area contributed by atoms with Crippen molar-refractivity contribution in [2.24, 2.45) is 5.73 Å². The quantitative estimate of drug-likeness (QED) is 0.916. The molecule has 1 unspecified atom stereocenters. The Morgan fingerprint density at radius 2 is 2.06 bits per heavy atom. The number of halogens is 2. The third kappa shape index (κ3) is 3.05. The first-order chi connectivity index (χ1) is 8.56. The van der Waals surface area contributed by atoms with E-state index in [1.807, 2.05) is 6.07 Å². The molecule has 0 saturated carbocycles. The van der Waals surface area contributed by atoms with Crippen molar-refractivity contribution < 1.29 is 4.39 Å². The fraction of sp³-hybridized carbons (Fsp3) is 0.154. The van der Waals surface area contributed by atoms with Crippen LogP contribution in [0.4, 0.5) is 10.2 Å². The third-order valence-corrected chi connectivity index (χ3v) is 3.15. The van der Waals surface area contributed by atoms with Crippen LogP contribution in [0.5, 0.6) is 0 Å². The van der Waals surface area contributed by atoms with Crippen LogP contribution >= 0.6 is 15.9 Å². The van der Waals surface area contributed by atoms with Crippen LogP contribution in [0, 0.1) is 5.82 Å². The molecule has 0 aliphatic heterocycles. The molecule has 0 aliphatic carbocycles. The first-order valence-corrected chi connectivity index (χ1v) is 6.26. The van der Waals surface area contributed by atoms with Gasteiger partial charge in [-0.25, -0.2) is 9.37 Å². The second-order valence-corrected chi connectivity index (χ2v) is 4.98. The Morgan fingerprint density at radius 3 is 2.78 bits per heavy atom. The summed E-state index contributed by atoms with van der Waals surface area (Å²) in [7, 11) is 0. The summed E-state index contributed by atoms with van der Waals surface area (Å²) in [5.74, 6) is 0.141. The van der Waals surface area contributed by atoms with Gasteiger partial charge in [-0.2, -0.15) is 0 Å². The van der Waals surface area contributed by atoms with Crippen LogP contribution in [0.25, 0.3) is 0 Å². The minimum absolute atomic E-state index is 0.298. The van der Waals surface area contributed by atoms with Gasteiger partial charge in [-0.15, -0.1) is 0 Å². The average molecular weight is 310 g/mol. The fourth-order valence-corrected chi connectivity index (χ4v) is 2.16. The van der Waals surface area contributed by atoms with Crippen LogP contribution in [-0.4, -0.2) is 4.98 Å². The van der Waals surface area contributed by atoms with Gasteiger partial charge < -0.3 is 11.5 Å². The lowest BCUT2D eigenvalue weighted by Gasteiger charge is -2.13. The molecule has 0 amide bonds. The van der Waals surface area contributed by atoms with E-state index in [0.717, 1.165) is 10.0 Å². The minimum atomic E-state index is -0.413. The Labute approximate surface area is 113 Å². The summed E-state index contributed by atoms with van der Waals surface area (Å²) in [6, 6.07) is 7.91. The zero-order chi connectivity index (χ0) is 13.1. The number of nitrogens with two attached hydrogens (primary N) is 2. The highest BCUT2D eigenvalue weighted by atomic mass is 79.9. The predicted octanol–water partition coefficient (Wildman–Crippen LogP) is 2.81. The van der Waals surface area contributed by atoms with Crippen LogP contribution in [0.2, 0.25) is 0 Å². The van der Waals surface area contributed by atoms with Gasteiger partial charge in [-0.3, -0.25) is 0 Å². The standard InChI is InChI=1S/C13H13BrFN3/c14-9-1-2-11(15)10(7-9)12(16)5-8-3-4-18-13(17)6-8/h1-4,6-7,12H,5,16H2,(H2,17,18). The Hall–Kier alpha value is -1.46. The fourth-order valence-electron chi connectivity index (χ4n) is 1.78. The highest BCUT2D eigenvalue weighted by molar-refractivity contribution is 9.10. The topological polar surface area (TPSA) is 64.9 Å². The number of benzene rings is 1. The van der Waals surface area contributed by atoms with Crippen LogP contribution in [0.15, 0.2) is 41.0 Å². The largest absolute Gasteiger partial charge is 0.384 e. The third-order valence-electron chi connectivity index (χ3n) is 2.66. The first-order valence-electron chi connectivity index (χ1n) is 5.47. The van der Waals surface area contributed by atoms with E-state index in [0.29, 0.717) is 17.8 Å². The minimum Gasteiger partial charge on any atom is -0.384 e. The lowest BCUT2D eigenvalue weighted by molar-refractivity contribution is 0.580. The molecule has 5 heteroatoms. The second-order valence-electron chi connectivity index (χ2n) is 4.07. The van der Waals surface area contributed by atoms with E-state index in [2.05, 4.69) is 20.9 Å². The number of nitrogens with zero attached hydrogens (tertiary/aromatic N) is 1. The zero-order valence-electron chi connectivity index (χ0n) is 9.61. The second kappa shape index (κ2) is 5.46. The molecule has 3 nitrogen and oxygen atoms in total. The number of hydrogen-bond donors (Lipinski definition) is 2. The normalized spacial score (nSPS) is 12.4. The van der Waals surface area contributed by atoms with Gasteiger partial charge in [-0.1, -0.05) is 15.9 Å². The lowest BCUT2D eigenvalue weighted by Crippen LogP contribution is -2.15. The van der Waals surface area contributed by atoms with Gasteiger partial charge in [0.1, 0.15) is 11.6 Å². The molecule has 2 rings (SSSR count). The summed E-state index contributed by atoms with van der Waals surface area (Å²) in [6.45, 7) is 0. The smallest absolute Gasteiger partial charge is 0.128 e. The van der Waals surface area contributed by atoms with Gasteiger partial charge >= 0.3 is 0 Å². The molecule has 1 aromatic carbocycles. The summed E-state index contributed by atoms with van der Waals surface area (Å²) in [5, 5.41) is 0. The van der Waals surface area contributed by atoms with E-state index in [9.17, 15) is 4.39 Å². The first kappa shape index (κ1) is 13.0. The van der Waals surface area contributed by atoms with Gasteiger partial charge in [0, 0.05) is 22.3 Å². The van der Waals surface area contributed by atoms with Crippen molar-refractivity contribution >= 4 is 21.7 Å². The van der Waals surface area contributed by atoms with E-state index in [1.165, 1.54) is 6.07 Å². The highest BCUT2D eigenvalue weighted by Crippen LogP contribution is 2.23. The van der Waals surface area contributed by atoms with Crippen molar-refractivity contribution in [3.05, 3.63) is 57.9 Å². The molecule has 0 aliphatic rings. The van der Waals surface area contributed by atoms with Crippen LogP contribution in [-0.2, 0) is 6.42 Å². The van der Waals surface area contributed by atoms with Crippen LogP contribution < -0.4 is 11.5 Å². The van der Waals surface area contributed by atoms with Crippen molar-refractivity contribution in [3.8, 4) is 0 Å². The average Bonchev–Trinajstić information content (AvgIpc) is 2.32. The van der Waals surface area contributed by atoms with Crippen molar-refractivity contribution in [1.82, 2.24) is 4.98 Å². The zero-order valence-corrected chi connectivity index (χ0v) is 11.2. The number of hydrogen-bond acceptors (Lipinski definition) is 3. The van der Waals surface area contributed by atoms with Crippen molar-refractivity contribution in [2.75, 3.05) is 5.73 Å². The Morgan fingerprint density at radius 1 is 1.28 bits per heavy atom. The maximum Gasteiger partial charge on any atom is 0.128 e. The number of rotatable bonds is 3. The van der Waals surface area contributed by atoms with Gasteiger partial charge in [-0.05, 0) is 42.3 Å². The predicted molar refractivity (Wildman–Crippen MR) is 73.4 cm³/mol. The maximum atomic E-state index is 13.7. The van der Waals surface area contributed by atoms with E-state index >= 15 is 0 Å². The van der Waals surface area contributed by atoms with Gasteiger partial charge in [0.05, 0.1) is 0 Å². The molecular weight excluding hydrogens is 297 g/mol. The molecule has 4 N–H and O–H groups in total. The molecule has 1 heterocycles. The maximum absolute atomic E-state index is 13.7. The van der Waals surface area contributed by atoms with Crippen molar-refractivity contribution in [1.29, 1.82) is 0 Å². The number of aromatic nitrogens is 1. The van der Waals surface area contributed by atoms with E-state index < -0.39 is 6.04 Å². The molecule has 2 aromatic rings. The number of nitrogen functional groups attached to an aromatic ring is 1. The molecule has 0 saturated heterocycles. The molecule has 94 valence electrons. The molecular formula is C13H13BrFN3. The van der Waals surface area contributed by atoms with Crippen LogP contribution in [0.3, 0.4) is 0 Å². The Bertz CT molecular complexity index is 560. The molecule has 1 aromatic heterocycles. The molecule has 0 radical (unpaired) electrons. The van der Waals surface area contributed by atoms with Gasteiger partial charge in [0.25, 0.3) is 0 Å². The summed E-state index contributed by atoms with van der Waals surface area (Å²) < 4.78 is 14.5. The molecule has 0 bridgehead atoms. The number of pyridine rings is 1. The monoisotopic (exact) mass is 309 g/mol. The lowest BCUT2D eigenvalue weighted by atomic mass is 10.00. The summed E-state index contributed by atoms with van der Waals surface area (Å²) in [5.41, 5.74) is 13.0. The summed E-state index contributed by atoms with van der Waals surface area (Å²) in [6.07, 6.45) is 2.13. The number of anilines is 1. The van der Waals surface area contributed by atoms with E-state index in [4.69, 9.17) is 11.5 Å². The van der Waals surface area contributed by atoms with Crippen molar-refractivity contribution in [3.63, 3.8) is 0 Å². The molecule has 18 heavy (non-hydrogen) atoms. The summed E-state index contributed by atoms with van der Waals surface area (Å²) in [4.78, 5) is 3.91. The molecule has 0 spiro atoms.